The first-order valence-corrected chi connectivity index (χ1v) is 11.1. The van der Waals surface area contributed by atoms with Crippen molar-refractivity contribution in [2.45, 2.75) is 25.3 Å². The number of imidazole rings is 1. The van der Waals surface area contributed by atoms with Crippen LogP contribution in [0.15, 0.2) is 53.1 Å². The Bertz CT molecular complexity index is 1250. The Morgan fingerprint density at radius 3 is 2.58 bits per heavy atom. The van der Waals surface area contributed by atoms with Gasteiger partial charge in [-0.3, -0.25) is 0 Å². The number of rotatable bonds is 7. The van der Waals surface area contributed by atoms with Crippen LogP contribution in [0.5, 0.6) is 0 Å². The number of carboxylic acids is 1. The summed E-state index contributed by atoms with van der Waals surface area (Å²) in [5.74, 6) is -0.377. The van der Waals surface area contributed by atoms with Crippen LogP contribution in [0.3, 0.4) is 0 Å². The average molecular weight is 447 g/mol. The predicted molar refractivity (Wildman–Crippen MR) is 124 cm³/mol. The van der Waals surface area contributed by atoms with Crippen LogP contribution >= 0.6 is 0 Å². The minimum absolute atomic E-state index is 0.217. The molecule has 2 aromatic heterocycles. The highest BCUT2D eigenvalue weighted by Crippen LogP contribution is 2.22. The third-order valence-corrected chi connectivity index (χ3v) is 6.24. The van der Waals surface area contributed by atoms with Crippen LogP contribution in [0.2, 0.25) is 0 Å². The van der Waals surface area contributed by atoms with Crippen molar-refractivity contribution in [3.8, 4) is 11.5 Å². The van der Waals surface area contributed by atoms with E-state index in [1.54, 1.807) is 0 Å². The fourth-order valence-corrected chi connectivity index (χ4v) is 4.29. The Hall–Kier alpha value is -3.72. The lowest BCUT2D eigenvalue weighted by molar-refractivity contribution is 0.0680. The Morgan fingerprint density at radius 2 is 1.88 bits per heavy atom. The van der Waals surface area contributed by atoms with Gasteiger partial charge in [0.2, 0.25) is 5.95 Å². The van der Waals surface area contributed by atoms with Crippen LogP contribution in [0.4, 0.5) is 5.95 Å². The molecule has 0 bridgehead atoms. The maximum Gasteiger partial charge on any atom is 0.377 e. The molecule has 0 amide bonds. The van der Waals surface area contributed by atoms with Crippen molar-refractivity contribution < 1.29 is 14.4 Å². The maximum absolute atomic E-state index is 10.9. The zero-order valence-electron chi connectivity index (χ0n) is 18.4. The number of aromatic nitrogens is 4. The highest BCUT2D eigenvalue weighted by atomic mass is 16.5. The number of fused-ring (bicyclic) bond motifs is 1. The number of carboxylic acid groups (broad SMARTS) is 1. The van der Waals surface area contributed by atoms with Gasteiger partial charge in [-0.1, -0.05) is 24.3 Å². The zero-order chi connectivity index (χ0) is 22.8. The van der Waals surface area contributed by atoms with Crippen LogP contribution in [0.25, 0.3) is 22.5 Å². The molecular formula is C24H26N6O3. The summed E-state index contributed by atoms with van der Waals surface area (Å²) < 4.78 is 7.15. The lowest BCUT2D eigenvalue weighted by atomic mass is 10.0. The topological polar surface area (TPSA) is 109 Å². The number of carbonyl (C=O) groups is 1. The highest BCUT2D eigenvalue weighted by molar-refractivity contribution is 5.83. The van der Waals surface area contributed by atoms with Crippen molar-refractivity contribution in [2.75, 3.05) is 25.0 Å². The Morgan fingerprint density at radius 1 is 1.12 bits per heavy atom. The van der Waals surface area contributed by atoms with Crippen LogP contribution < -0.4 is 5.32 Å². The normalized spacial score (nSPS) is 15.2. The zero-order valence-corrected chi connectivity index (χ0v) is 18.4. The predicted octanol–water partition coefficient (Wildman–Crippen LogP) is 3.44. The molecule has 0 saturated carbocycles. The number of piperidine rings is 1. The molecule has 170 valence electrons. The van der Waals surface area contributed by atoms with Crippen molar-refractivity contribution in [2.24, 2.45) is 7.05 Å². The summed E-state index contributed by atoms with van der Waals surface area (Å²) >= 11 is 0. The van der Waals surface area contributed by atoms with E-state index in [-0.39, 0.29) is 11.7 Å². The van der Waals surface area contributed by atoms with E-state index in [2.05, 4.69) is 38.0 Å². The Balaban J connectivity index is 1.11. The van der Waals surface area contributed by atoms with Crippen LogP contribution in [-0.4, -0.2) is 61.3 Å². The first kappa shape index (κ1) is 21.1. The Labute approximate surface area is 191 Å². The SMILES string of the molecule is Cn1c(NC2CCN(CCc3ccc(-c4nc(C(=O)O)no4)cc3)CC2)nc2ccccc21. The second-order valence-corrected chi connectivity index (χ2v) is 8.42. The van der Waals surface area contributed by atoms with Gasteiger partial charge in [0.25, 0.3) is 11.7 Å². The molecule has 1 saturated heterocycles. The molecule has 0 radical (unpaired) electrons. The molecule has 5 rings (SSSR count). The van der Waals surface area contributed by atoms with E-state index in [4.69, 9.17) is 14.6 Å². The number of likely N-dealkylation sites (tertiary alicyclic amines) is 1. The molecule has 9 nitrogen and oxygen atoms in total. The average Bonchev–Trinajstić information content (AvgIpc) is 3.45. The quantitative estimate of drug-likeness (QED) is 0.444. The molecule has 2 aromatic carbocycles. The van der Waals surface area contributed by atoms with Gasteiger partial charge in [0.1, 0.15) is 0 Å². The third-order valence-electron chi connectivity index (χ3n) is 6.24. The van der Waals surface area contributed by atoms with Gasteiger partial charge >= 0.3 is 5.97 Å². The highest BCUT2D eigenvalue weighted by Gasteiger charge is 2.21. The summed E-state index contributed by atoms with van der Waals surface area (Å²) in [4.78, 5) is 22.0. The first-order chi connectivity index (χ1) is 16.1. The largest absolute Gasteiger partial charge is 0.475 e. The molecule has 2 N–H and O–H groups in total. The number of hydrogen-bond acceptors (Lipinski definition) is 7. The second-order valence-electron chi connectivity index (χ2n) is 8.42. The Kier molecular flexibility index (Phi) is 5.78. The fourth-order valence-electron chi connectivity index (χ4n) is 4.29. The summed E-state index contributed by atoms with van der Waals surface area (Å²) in [6, 6.07) is 16.5. The van der Waals surface area contributed by atoms with E-state index in [0.717, 1.165) is 55.9 Å². The maximum atomic E-state index is 10.9. The number of aromatic carboxylic acids is 1. The molecule has 3 heterocycles. The smallest absolute Gasteiger partial charge is 0.377 e. The van der Waals surface area contributed by atoms with E-state index >= 15 is 0 Å². The minimum atomic E-state index is -1.20. The summed E-state index contributed by atoms with van der Waals surface area (Å²) in [6.07, 6.45) is 3.13. The molecule has 0 aliphatic carbocycles. The van der Waals surface area contributed by atoms with Crippen molar-refractivity contribution >= 4 is 23.0 Å². The number of nitrogens with zero attached hydrogens (tertiary/aromatic N) is 5. The number of benzene rings is 2. The van der Waals surface area contributed by atoms with Gasteiger partial charge in [-0.15, -0.1) is 0 Å². The van der Waals surface area contributed by atoms with Crippen LogP contribution in [-0.2, 0) is 13.5 Å². The molecular weight excluding hydrogens is 420 g/mol. The molecule has 1 aliphatic rings. The molecule has 33 heavy (non-hydrogen) atoms. The molecule has 9 heteroatoms. The van der Waals surface area contributed by atoms with Crippen LogP contribution in [0, 0.1) is 0 Å². The second kappa shape index (κ2) is 9.03. The van der Waals surface area contributed by atoms with E-state index < -0.39 is 5.97 Å². The number of anilines is 1. The summed E-state index contributed by atoms with van der Waals surface area (Å²) in [5.41, 5.74) is 4.10. The first-order valence-electron chi connectivity index (χ1n) is 11.1. The molecule has 4 aromatic rings. The molecule has 0 atom stereocenters. The lowest BCUT2D eigenvalue weighted by Gasteiger charge is -2.32. The van der Waals surface area contributed by atoms with E-state index in [1.165, 1.54) is 5.56 Å². The van der Waals surface area contributed by atoms with Crippen molar-refractivity contribution in [1.29, 1.82) is 0 Å². The number of para-hydroxylation sites is 2. The summed E-state index contributed by atoms with van der Waals surface area (Å²) in [6.45, 7) is 3.11. The minimum Gasteiger partial charge on any atom is -0.475 e. The van der Waals surface area contributed by atoms with Crippen molar-refractivity contribution in [3.63, 3.8) is 0 Å². The molecule has 0 unspecified atom stereocenters. The number of nitrogens with one attached hydrogen (secondary N) is 1. The molecule has 0 spiro atoms. The standard InChI is InChI=1S/C24H26N6O3/c1-29-20-5-3-2-4-19(20)26-24(29)25-18-11-14-30(15-12-18)13-10-16-6-8-17(9-7-16)22-27-21(23(31)32)28-33-22/h2-9,18H,10-15H2,1H3,(H,25,26)(H,31,32). The summed E-state index contributed by atoms with van der Waals surface area (Å²) in [7, 11) is 2.06. The van der Waals surface area contributed by atoms with Gasteiger partial charge in [0.05, 0.1) is 11.0 Å². The summed E-state index contributed by atoms with van der Waals surface area (Å²) in [5, 5.41) is 16.0. The third kappa shape index (κ3) is 4.58. The number of aryl methyl sites for hydroxylation is 1. The lowest BCUT2D eigenvalue weighted by Crippen LogP contribution is -2.40. The van der Waals surface area contributed by atoms with E-state index in [1.807, 2.05) is 42.5 Å². The van der Waals surface area contributed by atoms with E-state index in [9.17, 15) is 4.79 Å². The van der Waals surface area contributed by atoms with Gasteiger partial charge in [-0.05, 0) is 54.2 Å². The van der Waals surface area contributed by atoms with Gasteiger partial charge in [0.15, 0.2) is 0 Å². The molecule has 1 fully saturated rings. The number of hydrogen-bond donors (Lipinski definition) is 2. The van der Waals surface area contributed by atoms with E-state index in [0.29, 0.717) is 11.6 Å². The van der Waals surface area contributed by atoms with Crippen LogP contribution in [0.1, 0.15) is 29.0 Å². The molecule has 1 aliphatic heterocycles. The van der Waals surface area contributed by atoms with Gasteiger partial charge in [0, 0.05) is 38.3 Å². The van der Waals surface area contributed by atoms with Crippen molar-refractivity contribution in [3.05, 3.63) is 59.9 Å². The van der Waals surface area contributed by atoms with Gasteiger partial charge in [-0.25, -0.2) is 9.78 Å². The van der Waals surface area contributed by atoms with Gasteiger partial charge in [-0.2, -0.15) is 4.98 Å². The van der Waals surface area contributed by atoms with Gasteiger partial charge < -0.3 is 24.4 Å². The monoisotopic (exact) mass is 446 g/mol. The fraction of sp³-hybridized carbons (Fsp3) is 0.333. The van der Waals surface area contributed by atoms with Crippen molar-refractivity contribution in [1.82, 2.24) is 24.6 Å².